The molecule has 8 nitrogen and oxygen atoms in total. The third-order valence-electron chi connectivity index (χ3n) is 5.48. The van der Waals surface area contributed by atoms with Crippen LogP contribution in [0.1, 0.15) is 10.4 Å². The number of rotatable bonds is 8. The molecule has 1 unspecified atom stereocenters. The first-order valence-electron chi connectivity index (χ1n) is 11.4. The van der Waals surface area contributed by atoms with E-state index in [1.54, 1.807) is 18.2 Å². The van der Waals surface area contributed by atoms with E-state index in [1.165, 1.54) is 36.4 Å². The van der Waals surface area contributed by atoms with E-state index < -0.39 is 45.9 Å². The van der Waals surface area contributed by atoms with Gasteiger partial charge >= 0.3 is 12.3 Å². The Morgan fingerprint density at radius 3 is 2.07 bits per heavy atom. The highest BCUT2D eigenvalue weighted by atomic mass is 32.2. The second kappa shape index (κ2) is 11.1. The van der Waals surface area contributed by atoms with Gasteiger partial charge < -0.3 is 9.84 Å². The molecular weight excluding hydrogens is 580 g/mol. The molecule has 0 heterocycles. The van der Waals surface area contributed by atoms with Crippen molar-refractivity contribution < 1.29 is 49.4 Å². The number of aromatic hydroxyl groups is 1. The Morgan fingerprint density at radius 1 is 0.878 bits per heavy atom. The fourth-order valence-corrected chi connectivity index (χ4v) is 4.62. The third-order valence-corrected chi connectivity index (χ3v) is 6.86. The Hall–Kier alpha value is -4.66. The Bertz CT molecular complexity index is 1710. The van der Waals surface area contributed by atoms with E-state index in [0.717, 1.165) is 18.2 Å². The molecule has 1 atom stereocenters. The molecule has 0 saturated heterocycles. The van der Waals surface area contributed by atoms with Crippen LogP contribution in [-0.4, -0.2) is 37.9 Å². The highest BCUT2D eigenvalue weighted by Gasteiger charge is 2.59. The summed E-state index contributed by atoms with van der Waals surface area (Å²) in [6.45, 7) is 0. The van der Waals surface area contributed by atoms with Gasteiger partial charge in [-0.25, -0.2) is 12.8 Å². The van der Waals surface area contributed by atoms with Crippen LogP contribution in [0, 0.1) is 0 Å². The summed E-state index contributed by atoms with van der Waals surface area (Å²) in [5.74, 6) is -2.37. The molecule has 0 spiro atoms. The first-order valence-corrected chi connectivity index (χ1v) is 12.8. The lowest BCUT2D eigenvalue weighted by molar-refractivity contribution is -0.304. The lowest BCUT2D eigenvalue weighted by Crippen LogP contribution is -2.45. The Morgan fingerprint density at radius 2 is 1.46 bits per heavy atom. The minimum absolute atomic E-state index is 0.0103. The predicted molar refractivity (Wildman–Crippen MR) is 135 cm³/mol. The largest absolute Gasteiger partial charge is 0.505 e. The van der Waals surface area contributed by atoms with Gasteiger partial charge in [-0.1, -0.05) is 42.5 Å². The summed E-state index contributed by atoms with van der Waals surface area (Å²) in [4.78, 5) is 12.4. The van der Waals surface area contributed by atoms with Crippen LogP contribution in [0.2, 0.25) is 0 Å². The van der Waals surface area contributed by atoms with Crippen molar-refractivity contribution in [1.82, 2.24) is 0 Å². The van der Waals surface area contributed by atoms with Crippen LogP contribution in [-0.2, 0) is 10.0 Å². The van der Waals surface area contributed by atoms with Crippen molar-refractivity contribution in [2.24, 2.45) is 10.2 Å². The lowest BCUT2D eigenvalue weighted by atomic mass is 10.1. The molecule has 41 heavy (non-hydrogen) atoms. The number of hydrogen-bond acceptors (Lipinski definition) is 6. The second-order valence-electron chi connectivity index (χ2n) is 8.35. The van der Waals surface area contributed by atoms with Crippen LogP contribution < -0.4 is 9.46 Å². The molecule has 4 rings (SSSR count). The molecular formula is C26H17F6N3O5S. The van der Waals surface area contributed by atoms with E-state index in [2.05, 4.69) is 19.7 Å². The van der Waals surface area contributed by atoms with Gasteiger partial charge in [-0.3, -0.25) is 9.52 Å². The van der Waals surface area contributed by atoms with Gasteiger partial charge in [0.2, 0.25) is 0 Å². The van der Waals surface area contributed by atoms with Gasteiger partial charge in [0.1, 0.15) is 11.4 Å². The van der Waals surface area contributed by atoms with Crippen LogP contribution in [0.4, 0.5) is 37.7 Å². The molecule has 0 bridgehead atoms. The van der Waals surface area contributed by atoms with Gasteiger partial charge in [0.25, 0.3) is 22.1 Å². The highest BCUT2D eigenvalue weighted by molar-refractivity contribution is 7.92. The zero-order valence-corrected chi connectivity index (χ0v) is 21.1. The monoisotopic (exact) mass is 597 g/mol. The smallest absolute Gasteiger partial charge is 0.439 e. The van der Waals surface area contributed by atoms with Crippen LogP contribution in [0.25, 0.3) is 10.8 Å². The highest BCUT2D eigenvalue weighted by Crippen LogP contribution is 2.41. The van der Waals surface area contributed by atoms with Crippen LogP contribution in [0.3, 0.4) is 0 Å². The number of anilines is 1. The number of hydrogen-bond donors (Lipinski definition) is 2. The van der Waals surface area contributed by atoms with E-state index in [1.807, 2.05) is 0 Å². The number of carbonyl (C=O) groups is 1. The molecule has 0 fully saturated rings. The Labute approximate surface area is 228 Å². The number of fused-ring (bicyclic) bond motifs is 1. The Kier molecular flexibility index (Phi) is 7.92. The average molecular weight is 597 g/mol. The summed E-state index contributed by atoms with van der Waals surface area (Å²) in [5.41, 5.74) is -0.568. The standard InChI is InChI=1S/C26H17F6N3O5S/c27-24(25(28,29)30)26(31,32)40-16-12-10-15(11-13-16)23(37)34-33-21-14-20(18-8-4-5-9-19(18)22(21)36)35-41(38,39)17-6-2-1-3-7-17/h1-14,24,35-36H. The van der Waals surface area contributed by atoms with Gasteiger partial charge in [0.15, 0.2) is 5.75 Å². The van der Waals surface area contributed by atoms with E-state index in [0.29, 0.717) is 17.5 Å². The van der Waals surface area contributed by atoms with E-state index in [9.17, 15) is 44.7 Å². The number of carbonyl (C=O) groups excluding carboxylic acids is 1. The van der Waals surface area contributed by atoms with Gasteiger partial charge in [-0.15, -0.1) is 10.2 Å². The number of ether oxygens (including phenoxy) is 1. The summed E-state index contributed by atoms with van der Waals surface area (Å²) in [6.07, 6.45) is -15.7. The third kappa shape index (κ3) is 6.57. The minimum Gasteiger partial charge on any atom is -0.505 e. The molecule has 4 aromatic rings. The molecule has 0 aromatic heterocycles. The number of nitrogens with one attached hydrogen (secondary N) is 1. The topological polar surface area (TPSA) is 117 Å². The van der Waals surface area contributed by atoms with Crippen molar-refractivity contribution in [2.45, 2.75) is 23.4 Å². The fourth-order valence-electron chi connectivity index (χ4n) is 3.53. The molecule has 15 heteroatoms. The summed E-state index contributed by atoms with van der Waals surface area (Å²) >= 11 is 0. The minimum atomic E-state index is -5.87. The maximum Gasteiger partial charge on any atom is 0.439 e. The van der Waals surface area contributed by atoms with Crippen molar-refractivity contribution in [3.63, 3.8) is 0 Å². The van der Waals surface area contributed by atoms with E-state index >= 15 is 0 Å². The van der Waals surface area contributed by atoms with Gasteiger partial charge in [0.05, 0.1) is 10.6 Å². The SMILES string of the molecule is O=C(N=Nc1cc(NS(=O)(=O)c2ccccc2)c2ccccc2c1O)c1ccc(OC(F)(F)C(F)C(F)(F)F)cc1. The van der Waals surface area contributed by atoms with Gasteiger partial charge in [-0.05, 0) is 42.5 Å². The Balaban J connectivity index is 1.59. The van der Waals surface area contributed by atoms with Crippen molar-refractivity contribution in [3.8, 4) is 11.5 Å². The van der Waals surface area contributed by atoms with Crippen LogP contribution in [0.15, 0.2) is 100 Å². The summed E-state index contributed by atoms with van der Waals surface area (Å²) in [7, 11) is -4.06. The first-order chi connectivity index (χ1) is 19.2. The number of alkyl halides is 6. The quantitative estimate of drug-likeness (QED) is 0.127. The number of phenols is 1. The molecule has 2 N–H and O–H groups in total. The average Bonchev–Trinajstić information content (AvgIpc) is 2.93. The summed E-state index contributed by atoms with van der Waals surface area (Å²) in [6, 6.07) is 17.9. The summed E-state index contributed by atoms with van der Waals surface area (Å²) in [5, 5.41) is 18.3. The zero-order chi connectivity index (χ0) is 30.0. The van der Waals surface area contributed by atoms with E-state index in [-0.39, 0.29) is 27.2 Å². The lowest BCUT2D eigenvalue weighted by Gasteiger charge is -2.23. The second-order valence-corrected chi connectivity index (χ2v) is 10.0. The number of phenolic OH excluding ortho intramolecular Hbond substituents is 1. The zero-order valence-electron chi connectivity index (χ0n) is 20.3. The molecule has 0 aliphatic heterocycles. The number of nitrogens with zero attached hydrogens (tertiary/aromatic N) is 2. The van der Waals surface area contributed by atoms with Crippen molar-refractivity contribution in [3.05, 3.63) is 90.5 Å². The molecule has 214 valence electrons. The molecule has 4 aromatic carbocycles. The maximum absolute atomic E-state index is 13.5. The molecule has 0 aliphatic carbocycles. The number of amides is 1. The normalized spacial score (nSPS) is 13.3. The summed E-state index contributed by atoms with van der Waals surface area (Å²) < 4.78 is 109. The number of azo groups is 1. The maximum atomic E-state index is 13.5. The van der Waals surface area contributed by atoms with Gasteiger partial charge in [-0.2, -0.15) is 22.0 Å². The number of halogens is 6. The number of sulfonamides is 1. The molecule has 0 aliphatic rings. The van der Waals surface area contributed by atoms with Crippen molar-refractivity contribution in [1.29, 1.82) is 0 Å². The van der Waals surface area contributed by atoms with E-state index in [4.69, 9.17) is 0 Å². The predicted octanol–water partition coefficient (Wildman–Crippen LogP) is 7.14. The molecule has 0 saturated carbocycles. The molecule has 0 radical (unpaired) electrons. The first kappa shape index (κ1) is 29.3. The van der Waals surface area contributed by atoms with Crippen LogP contribution >= 0.6 is 0 Å². The number of benzene rings is 4. The van der Waals surface area contributed by atoms with Crippen molar-refractivity contribution >= 4 is 38.1 Å². The van der Waals surface area contributed by atoms with Crippen molar-refractivity contribution in [2.75, 3.05) is 4.72 Å². The molecule has 1 amide bonds. The van der Waals surface area contributed by atoms with Crippen LogP contribution in [0.5, 0.6) is 11.5 Å². The van der Waals surface area contributed by atoms with Gasteiger partial charge in [0, 0.05) is 16.3 Å². The fraction of sp³-hybridized carbons (Fsp3) is 0.115.